The maximum absolute atomic E-state index is 11.2. The largest absolute Gasteiger partial charge is 0.355 e. The van der Waals surface area contributed by atoms with Gasteiger partial charge in [-0.05, 0) is 6.92 Å². The van der Waals surface area contributed by atoms with Crippen LogP contribution in [0.15, 0.2) is 24.8 Å². The van der Waals surface area contributed by atoms with Crippen molar-refractivity contribution in [3.05, 3.63) is 24.8 Å². The molecule has 0 aliphatic heterocycles. The molecule has 1 atom stereocenters. The summed E-state index contributed by atoms with van der Waals surface area (Å²) in [5, 5.41) is 0. The number of rotatable bonds is 9. The maximum Gasteiger partial charge on any atom is 0.355 e. The molecule has 0 aromatic rings. The molecule has 7 nitrogen and oxygen atoms in total. The van der Waals surface area contributed by atoms with Crippen molar-refractivity contribution in [3.8, 4) is 0 Å². The van der Waals surface area contributed by atoms with Gasteiger partial charge in [0.2, 0.25) is 0 Å². The molecular formula is C10H22O7P2. The second-order valence-corrected chi connectivity index (χ2v) is 6.98. The summed E-state index contributed by atoms with van der Waals surface area (Å²) in [4.78, 5) is 0. The maximum atomic E-state index is 11.2. The van der Waals surface area contributed by atoms with Gasteiger partial charge < -0.3 is 18.3 Å². The minimum atomic E-state index is -3.07. The lowest BCUT2D eigenvalue weighted by Crippen LogP contribution is -1.97. The van der Waals surface area contributed by atoms with Gasteiger partial charge in [0.05, 0.1) is 0 Å². The molecule has 0 radical (unpaired) electrons. The van der Waals surface area contributed by atoms with Crippen molar-refractivity contribution in [2.24, 2.45) is 0 Å². The van der Waals surface area contributed by atoms with E-state index in [0.717, 1.165) is 11.6 Å². The van der Waals surface area contributed by atoms with E-state index < -0.39 is 15.2 Å². The molecule has 0 saturated carbocycles. The minimum absolute atomic E-state index is 0.0341. The van der Waals surface area contributed by atoms with Crippen molar-refractivity contribution in [1.29, 1.82) is 0 Å². The standard InChI is InChI=1S/C6H13O4P.C4H9O3P/c1-4-9-6-10-11(7,5-2)8-3;1-4-8(5,6-2)7-3/h5H,2,4,6H2,1,3H3;4H,1H2,2-3H3. The van der Waals surface area contributed by atoms with Gasteiger partial charge in [0.25, 0.3) is 0 Å². The second kappa shape index (κ2) is 11.6. The zero-order valence-corrected chi connectivity index (χ0v) is 13.5. The quantitative estimate of drug-likeness (QED) is 0.365. The molecule has 0 aromatic heterocycles. The Kier molecular flexibility index (Phi) is 12.8. The highest BCUT2D eigenvalue weighted by Crippen LogP contribution is 2.48. The fourth-order valence-electron chi connectivity index (χ4n) is 0.598. The first kappa shape index (κ1) is 21.0. The van der Waals surface area contributed by atoms with Crippen LogP contribution in [0.3, 0.4) is 0 Å². The van der Waals surface area contributed by atoms with E-state index >= 15 is 0 Å². The average Bonchev–Trinajstić information content (AvgIpc) is 2.47. The third kappa shape index (κ3) is 10.2. The molecule has 1 unspecified atom stereocenters. The first-order valence-corrected chi connectivity index (χ1v) is 8.45. The SMILES string of the molecule is C=CP(=O)(OC)OC.C=CP(=O)(OC)OCOCC. The van der Waals surface area contributed by atoms with Gasteiger partial charge >= 0.3 is 15.2 Å². The van der Waals surface area contributed by atoms with E-state index in [2.05, 4.69) is 26.7 Å². The Bertz CT molecular complexity index is 335. The third-order valence-corrected chi connectivity index (χ3v) is 4.62. The van der Waals surface area contributed by atoms with Crippen molar-refractivity contribution in [2.75, 3.05) is 34.7 Å². The van der Waals surface area contributed by atoms with Gasteiger partial charge in [-0.25, -0.2) is 0 Å². The van der Waals surface area contributed by atoms with Gasteiger partial charge in [0.15, 0.2) is 6.79 Å². The molecule has 114 valence electrons. The van der Waals surface area contributed by atoms with Gasteiger partial charge in [0, 0.05) is 39.6 Å². The van der Waals surface area contributed by atoms with E-state index in [1.165, 1.54) is 21.3 Å². The van der Waals surface area contributed by atoms with Crippen LogP contribution in [0.2, 0.25) is 0 Å². The van der Waals surface area contributed by atoms with Crippen LogP contribution in [0.1, 0.15) is 6.92 Å². The van der Waals surface area contributed by atoms with Crippen molar-refractivity contribution in [2.45, 2.75) is 6.92 Å². The number of hydrogen-bond acceptors (Lipinski definition) is 7. The van der Waals surface area contributed by atoms with E-state index in [1.807, 2.05) is 6.92 Å². The predicted octanol–water partition coefficient (Wildman–Crippen LogP) is 3.60. The molecule has 0 heterocycles. The van der Waals surface area contributed by atoms with E-state index in [4.69, 9.17) is 9.26 Å². The summed E-state index contributed by atoms with van der Waals surface area (Å²) in [6, 6.07) is 0. The van der Waals surface area contributed by atoms with E-state index in [-0.39, 0.29) is 6.79 Å². The van der Waals surface area contributed by atoms with Gasteiger partial charge in [-0.3, -0.25) is 13.7 Å². The van der Waals surface area contributed by atoms with Crippen LogP contribution in [0.4, 0.5) is 0 Å². The summed E-state index contributed by atoms with van der Waals surface area (Å²) in [5.74, 6) is 2.30. The topological polar surface area (TPSA) is 80.3 Å². The molecule has 0 amide bonds. The van der Waals surface area contributed by atoms with E-state index in [0.29, 0.717) is 6.61 Å². The molecule has 0 fully saturated rings. The second-order valence-electron chi connectivity index (χ2n) is 2.73. The Hall–Kier alpha value is -0.260. The molecular weight excluding hydrogens is 294 g/mol. The lowest BCUT2D eigenvalue weighted by atomic mass is 10.9. The summed E-state index contributed by atoms with van der Waals surface area (Å²) in [6.07, 6.45) is 0. The van der Waals surface area contributed by atoms with Crippen LogP contribution in [-0.2, 0) is 32.0 Å². The molecule has 9 heteroatoms. The molecule has 0 aliphatic rings. The monoisotopic (exact) mass is 316 g/mol. The van der Waals surface area contributed by atoms with Crippen LogP contribution in [-0.4, -0.2) is 34.7 Å². The van der Waals surface area contributed by atoms with Crippen molar-refractivity contribution in [3.63, 3.8) is 0 Å². The van der Waals surface area contributed by atoms with Crippen molar-refractivity contribution >= 4 is 15.2 Å². The Morgan fingerprint density at radius 3 is 1.58 bits per heavy atom. The zero-order chi connectivity index (χ0) is 15.4. The summed E-state index contributed by atoms with van der Waals surface area (Å²) in [7, 11) is -2.05. The summed E-state index contributed by atoms with van der Waals surface area (Å²) >= 11 is 0. The highest BCUT2D eigenvalue weighted by Gasteiger charge is 2.16. The first-order valence-electron chi connectivity index (χ1n) is 5.23. The highest BCUT2D eigenvalue weighted by molar-refractivity contribution is 7.57. The number of hydrogen-bond donors (Lipinski definition) is 0. The summed E-state index contributed by atoms with van der Waals surface area (Å²) in [6.45, 7) is 8.87. The average molecular weight is 316 g/mol. The molecule has 19 heavy (non-hydrogen) atoms. The van der Waals surface area contributed by atoms with Crippen LogP contribution < -0.4 is 0 Å². The Balaban J connectivity index is 0. The Morgan fingerprint density at radius 1 is 0.947 bits per heavy atom. The fourth-order valence-corrected chi connectivity index (χ4v) is 1.63. The van der Waals surface area contributed by atoms with Crippen LogP contribution >= 0.6 is 15.2 Å². The zero-order valence-electron chi connectivity index (χ0n) is 11.7. The van der Waals surface area contributed by atoms with Crippen LogP contribution in [0.25, 0.3) is 0 Å². The summed E-state index contributed by atoms with van der Waals surface area (Å²) < 4.78 is 45.0. The number of ether oxygens (including phenoxy) is 1. The van der Waals surface area contributed by atoms with E-state index in [1.54, 1.807) is 0 Å². The fraction of sp³-hybridized carbons (Fsp3) is 0.600. The summed E-state index contributed by atoms with van der Waals surface area (Å²) in [5.41, 5.74) is 0. The minimum Gasteiger partial charge on any atom is -0.355 e. The molecule has 0 rings (SSSR count). The molecule has 0 bridgehead atoms. The first-order chi connectivity index (χ1) is 8.86. The van der Waals surface area contributed by atoms with Gasteiger partial charge in [-0.1, -0.05) is 13.2 Å². The lowest BCUT2D eigenvalue weighted by Gasteiger charge is -2.10. The smallest absolute Gasteiger partial charge is 0.355 e. The van der Waals surface area contributed by atoms with Crippen LogP contribution in [0.5, 0.6) is 0 Å². The Labute approximate surface area is 114 Å². The van der Waals surface area contributed by atoms with Gasteiger partial charge in [0.1, 0.15) is 0 Å². The molecule has 0 saturated heterocycles. The molecule has 0 aliphatic carbocycles. The molecule has 0 spiro atoms. The van der Waals surface area contributed by atoms with Crippen LogP contribution in [0, 0.1) is 0 Å². The van der Waals surface area contributed by atoms with Crippen molar-refractivity contribution in [1.82, 2.24) is 0 Å². The molecule has 0 N–H and O–H groups in total. The van der Waals surface area contributed by atoms with Gasteiger partial charge in [-0.2, -0.15) is 0 Å². The third-order valence-electron chi connectivity index (χ3n) is 1.73. The highest BCUT2D eigenvalue weighted by atomic mass is 31.2. The van der Waals surface area contributed by atoms with Crippen molar-refractivity contribution < 1.29 is 32.0 Å². The van der Waals surface area contributed by atoms with E-state index in [9.17, 15) is 9.13 Å². The Morgan fingerprint density at radius 2 is 1.37 bits per heavy atom. The van der Waals surface area contributed by atoms with Gasteiger partial charge in [-0.15, -0.1) is 0 Å². The normalized spacial score (nSPS) is 13.9. The lowest BCUT2D eigenvalue weighted by molar-refractivity contribution is 0.0155. The molecule has 0 aromatic carbocycles. The predicted molar refractivity (Wildman–Crippen MR) is 74.2 cm³/mol.